The van der Waals surface area contributed by atoms with Crippen LogP contribution in [0.15, 0.2) is 60.7 Å². The van der Waals surface area contributed by atoms with Crippen LogP contribution in [0.1, 0.15) is 17.0 Å². The summed E-state index contributed by atoms with van der Waals surface area (Å²) in [6.45, 7) is 2.52. The minimum absolute atomic E-state index is 0.346. The van der Waals surface area contributed by atoms with Crippen LogP contribution in [0.4, 0.5) is 0 Å². The van der Waals surface area contributed by atoms with Gasteiger partial charge in [0.2, 0.25) is 0 Å². The lowest BCUT2D eigenvalue weighted by Gasteiger charge is -2.32. The van der Waals surface area contributed by atoms with Crippen molar-refractivity contribution in [1.29, 1.82) is 0 Å². The van der Waals surface area contributed by atoms with Gasteiger partial charge in [-0.25, -0.2) is 0 Å². The Hall–Kier alpha value is -1.64. The van der Waals surface area contributed by atoms with Crippen molar-refractivity contribution in [2.75, 3.05) is 19.8 Å². The Morgan fingerprint density at radius 3 is 1.95 bits per heavy atom. The molecule has 1 aliphatic rings. The summed E-state index contributed by atoms with van der Waals surface area (Å²) in [7, 11) is 0. The molecular formula is C17H19NO. The highest BCUT2D eigenvalue weighted by Gasteiger charge is 2.26. The molecule has 1 atom stereocenters. The van der Waals surface area contributed by atoms with Crippen LogP contribution in [0.3, 0.4) is 0 Å². The largest absolute Gasteiger partial charge is 0.378 e. The van der Waals surface area contributed by atoms with Gasteiger partial charge in [-0.05, 0) is 11.1 Å². The number of hydrogen-bond donors (Lipinski definition) is 1. The molecule has 0 spiro atoms. The minimum atomic E-state index is 0.346. The van der Waals surface area contributed by atoms with Crippen molar-refractivity contribution in [2.45, 2.75) is 12.0 Å². The number of benzene rings is 2. The third-order valence-corrected chi connectivity index (χ3v) is 3.67. The molecule has 0 unspecified atom stereocenters. The van der Waals surface area contributed by atoms with Gasteiger partial charge in [-0.1, -0.05) is 60.7 Å². The molecule has 0 aromatic heterocycles. The molecule has 1 N–H and O–H groups in total. The molecule has 1 saturated heterocycles. The van der Waals surface area contributed by atoms with Crippen molar-refractivity contribution in [3.05, 3.63) is 71.8 Å². The molecule has 2 aromatic rings. The van der Waals surface area contributed by atoms with Crippen LogP contribution in [0.2, 0.25) is 0 Å². The summed E-state index contributed by atoms with van der Waals surface area (Å²) in [5, 5.41) is 3.59. The Morgan fingerprint density at radius 2 is 1.47 bits per heavy atom. The van der Waals surface area contributed by atoms with Gasteiger partial charge in [0.1, 0.15) is 0 Å². The first kappa shape index (κ1) is 12.4. The number of hydrogen-bond acceptors (Lipinski definition) is 2. The highest BCUT2D eigenvalue weighted by atomic mass is 16.5. The summed E-state index contributed by atoms with van der Waals surface area (Å²) in [6.07, 6.45) is 0. The summed E-state index contributed by atoms with van der Waals surface area (Å²) in [5.74, 6) is 0.350. The second-order valence-corrected chi connectivity index (χ2v) is 4.93. The van der Waals surface area contributed by atoms with Crippen LogP contribution in [0.5, 0.6) is 0 Å². The van der Waals surface area contributed by atoms with Crippen LogP contribution in [0.25, 0.3) is 0 Å². The average Bonchev–Trinajstić information content (AvgIpc) is 2.51. The van der Waals surface area contributed by atoms with E-state index in [0.717, 1.165) is 19.8 Å². The molecule has 1 fully saturated rings. The Balaban J connectivity index is 1.96. The highest BCUT2D eigenvalue weighted by Crippen LogP contribution is 2.28. The van der Waals surface area contributed by atoms with E-state index >= 15 is 0 Å². The molecule has 0 saturated carbocycles. The molecule has 2 nitrogen and oxygen atoms in total. The fourth-order valence-corrected chi connectivity index (χ4v) is 2.78. The Labute approximate surface area is 114 Å². The summed E-state index contributed by atoms with van der Waals surface area (Å²) >= 11 is 0. The van der Waals surface area contributed by atoms with Crippen molar-refractivity contribution in [2.24, 2.45) is 0 Å². The molecule has 0 amide bonds. The summed E-state index contributed by atoms with van der Waals surface area (Å²) in [4.78, 5) is 0. The van der Waals surface area contributed by atoms with Crippen LogP contribution in [0, 0.1) is 0 Å². The monoisotopic (exact) mass is 253 g/mol. The van der Waals surface area contributed by atoms with E-state index in [9.17, 15) is 0 Å². The molecule has 2 heteroatoms. The molecule has 0 bridgehead atoms. The van der Waals surface area contributed by atoms with E-state index < -0.39 is 0 Å². The zero-order valence-electron chi connectivity index (χ0n) is 11.0. The number of morpholine rings is 1. The van der Waals surface area contributed by atoms with Gasteiger partial charge in [0, 0.05) is 18.5 Å². The fraction of sp³-hybridized carbons (Fsp3) is 0.294. The first-order valence-electron chi connectivity index (χ1n) is 6.86. The van der Waals surface area contributed by atoms with E-state index in [-0.39, 0.29) is 0 Å². The van der Waals surface area contributed by atoms with Gasteiger partial charge < -0.3 is 10.1 Å². The van der Waals surface area contributed by atoms with E-state index in [2.05, 4.69) is 66.0 Å². The van der Waals surface area contributed by atoms with Crippen molar-refractivity contribution in [3.8, 4) is 0 Å². The third-order valence-electron chi connectivity index (χ3n) is 3.67. The van der Waals surface area contributed by atoms with Gasteiger partial charge in [-0.3, -0.25) is 0 Å². The van der Waals surface area contributed by atoms with Crippen molar-refractivity contribution in [3.63, 3.8) is 0 Å². The van der Waals surface area contributed by atoms with E-state index in [0.29, 0.717) is 12.0 Å². The van der Waals surface area contributed by atoms with E-state index in [1.165, 1.54) is 11.1 Å². The number of rotatable bonds is 3. The maximum absolute atomic E-state index is 5.64. The zero-order chi connectivity index (χ0) is 12.9. The molecule has 1 aliphatic heterocycles. The first-order valence-corrected chi connectivity index (χ1v) is 6.86. The lowest BCUT2D eigenvalue weighted by Crippen LogP contribution is -2.45. The van der Waals surface area contributed by atoms with Crippen LogP contribution in [-0.4, -0.2) is 25.8 Å². The lowest BCUT2D eigenvalue weighted by atomic mass is 9.85. The van der Waals surface area contributed by atoms with Crippen molar-refractivity contribution < 1.29 is 4.74 Å². The molecule has 1 heterocycles. The third kappa shape index (κ3) is 2.86. The predicted octanol–water partition coefficient (Wildman–Crippen LogP) is 2.81. The van der Waals surface area contributed by atoms with E-state index in [1.807, 2.05) is 0 Å². The topological polar surface area (TPSA) is 21.3 Å². The van der Waals surface area contributed by atoms with E-state index in [1.54, 1.807) is 0 Å². The van der Waals surface area contributed by atoms with E-state index in [4.69, 9.17) is 4.74 Å². The predicted molar refractivity (Wildman–Crippen MR) is 77.3 cm³/mol. The summed E-state index contributed by atoms with van der Waals surface area (Å²) in [5.41, 5.74) is 2.69. The minimum Gasteiger partial charge on any atom is -0.378 e. The standard InChI is InChI=1S/C17H19NO/c1-3-7-14(8-4-1)17(15-9-5-2-6-10-15)16-13-19-12-11-18-16/h1-10,16-18H,11-13H2/t16-/m1/s1. The van der Waals surface area contributed by atoms with Crippen molar-refractivity contribution in [1.82, 2.24) is 5.32 Å². The first-order chi connectivity index (χ1) is 9.45. The molecule has 98 valence electrons. The smallest absolute Gasteiger partial charge is 0.0629 e. The number of nitrogens with one attached hydrogen (secondary N) is 1. The highest BCUT2D eigenvalue weighted by molar-refractivity contribution is 5.34. The second-order valence-electron chi connectivity index (χ2n) is 4.93. The van der Waals surface area contributed by atoms with Gasteiger partial charge in [0.15, 0.2) is 0 Å². The van der Waals surface area contributed by atoms with Gasteiger partial charge in [0.25, 0.3) is 0 Å². The Bertz CT molecular complexity index is 452. The fourth-order valence-electron chi connectivity index (χ4n) is 2.78. The SMILES string of the molecule is c1ccc(C(c2ccccc2)[C@H]2COCCN2)cc1. The molecule has 0 radical (unpaired) electrons. The maximum atomic E-state index is 5.64. The van der Waals surface area contributed by atoms with Crippen LogP contribution < -0.4 is 5.32 Å². The maximum Gasteiger partial charge on any atom is 0.0629 e. The molecule has 19 heavy (non-hydrogen) atoms. The van der Waals surface area contributed by atoms with Gasteiger partial charge in [0.05, 0.1) is 13.2 Å². The Morgan fingerprint density at radius 1 is 0.895 bits per heavy atom. The summed E-state index contributed by atoms with van der Waals surface area (Å²) < 4.78 is 5.64. The van der Waals surface area contributed by atoms with Gasteiger partial charge >= 0.3 is 0 Å². The second kappa shape index (κ2) is 6.00. The molecule has 0 aliphatic carbocycles. The number of ether oxygens (including phenoxy) is 1. The van der Waals surface area contributed by atoms with Gasteiger partial charge in [-0.2, -0.15) is 0 Å². The van der Waals surface area contributed by atoms with Crippen LogP contribution in [-0.2, 0) is 4.74 Å². The average molecular weight is 253 g/mol. The molecular weight excluding hydrogens is 234 g/mol. The normalized spacial score (nSPS) is 19.5. The zero-order valence-corrected chi connectivity index (χ0v) is 11.0. The lowest BCUT2D eigenvalue weighted by molar-refractivity contribution is 0.0718. The molecule has 3 rings (SSSR count). The molecule has 2 aromatic carbocycles. The quantitative estimate of drug-likeness (QED) is 0.908. The van der Waals surface area contributed by atoms with Crippen molar-refractivity contribution >= 4 is 0 Å². The van der Waals surface area contributed by atoms with Crippen LogP contribution >= 0.6 is 0 Å². The Kier molecular flexibility index (Phi) is 3.92. The van der Waals surface area contributed by atoms with Gasteiger partial charge in [-0.15, -0.1) is 0 Å². The summed E-state index contributed by atoms with van der Waals surface area (Å²) in [6, 6.07) is 21.7.